The Hall–Kier alpha value is -1.19. The van der Waals surface area contributed by atoms with Gasteiger partial charge in [-0.3, -0.25) is 0 Å². The molecule has 0 fully saturated rings. The lowest BCUT2D eigenvalue weighted by Crippen LogP contribution is -2.23. The Bertz CT molecular complexity index is 371. The number of hydrogen-bond donors (Lipinski definition) is 2. The van der Waals surface area contributed by atoms with Crippen LogP contribution in [0.1, 0.15) is 6.92 Å². The maximum absolute atomic E-state index is 11.2. The smallest absolute Gasteiger partial charge is 0.315 e. The zero-order chi connectivity index (χ0) is 11.3. The number of anilines is 1. The fraction of sp³-hybridized carbons (Fsp3) is 0.100. The Kier molecular flexibility index (Phi) is 4.46. The minimum atomic E-state index is -0.341. The van der Waals surface area contributed by atoms with Crippen molar-refractivity contribution in [3.63, 3.8) is 0 Å². The molecule has 0 heterocycles. The minimum absolute atomic E-state index is 0.341. The van der Waals surface area contributed by atoms with Gasteiger partial charge in [0.15, 0.2) is 0 Å². The van der Waals surface area contributed by atoms with Crippen LogP contribution >= 0.6 is 23.2 Å². The standard InChI is InChI=1S/C10H10Cl2N2O/c1-2-3-13-10(15)14-9-5-7(11)4-8(12)6-9/h2-6H,1H3,(H2,13,14,15)/b3-2+. The number of carbonyl (C=O) groups excluding carboxylic acids is 1. The van der Waals surface area contributed by atoms with E-state index in [-0.39, 0.29) is 6.03 Å². The van der Waals surface area contributed by atoms with Gasteiger partial charge in [0.1, 0.15) is 0 Å². The Morgan fingerprint density at radius 1 is 1.27 bits per heavy atom. The summed E-state index contributed by atoms with van der Waals surface area (Å²) < 4.78 is 0. The molecule has 80 valence electrons. The summed E-state index contributed by atoms with van der Waals surface area (Å²) in [6, 6.07) is 4.48. The van der Waals surface area contributed by atoms with Crippen LogP contribution in [0.15, 0.2) is 30.5 Å². The lowest BCUT2D eigenvalue weighted by atomic mass is 10.3. The zero-order valence-electron chi connectivity index (χ0n) is 8.05. The number of halogens is 2. The molecule has 0 spiro atoms. The van der Waals surface area contributed by atoms with Crippen LogP contribution in [0, 0.1) is 0 Å². The predicted octanol–water partition coefficient (Wildman–Crippen LogP) is 3.65. The Balaban J connectivity index is 2.68. The van der Waals surface area contributed by atoms with Crippen LogP contribution in [0.3, 0.4) is 0 Å². The molecule has 15 heavy (non-hydrogen) atoms. The van der Waals surface area contributed by atoms with Crippen molar-refractivity contribution in [2.24, 2.45) is 0 Å². The topological polar surface area (TPSA) is 41.1 Å². The van der Waals surface area contributed by atoms with E-state index in [4.69, 9.17) is 23.2 Å². The summed E-state index contributed by atoms with van der Waals surface area (Å²) in [6.07, 6.45) is 3.24. The van der Waals surface area contributed by atoms with Crippen molar-refractivity contribution in [2.75, 3.05) is 5.32 Å². The van der Waals surface area contributed by atoms with E-state index in [1.807, 2.05) is 0 Å². The molecule has 1 rings (SSSR count). The fourth-order valence-electron chi connectivity index (χ4n) is 0.952. The number of hydrogen-bond acceptors (Lipinski definition) is 1. The third-order valence-corrected chi connectivity index (χ3v) is 1.94. The molecular weight excluding hydrogens is 235 g/mol. The molecule has 0 atom stereocenters. The van der Waals surface area contributed by atoms with Gasteiger partial charge in [-0.1, -0.05) is 29.3 Å². The lowest BCUT2D eigenvalue weighted by Gasteiger charge is -2.05. The normalized spacial score (nSPS) is 10.3. The van der Waals surface area contributed by atoms with Gasteiger partial charge in [-0.2, -0.15) is 0 Å². The number of allylic oxidation sites excluding steroid dienone is 1. The van der Waals surface area contributed by atoms with Crippen LogP contribution in [-0.4, -0.2) is 6.03 Å². The lowest BCUT2D eigenvalue weighted by molar-refractivity contribution is 0.255. The maximum atomic E-state index is 11.2. The molecule has 0 bridgehead atoms. The summed E-state index contributed by atoms with van der Waals surface area (Å²) in [5.74, 6) is 0. The summed E-state index contributed by atoms with van der Waals surface area (Å²) in [6.45, 7) is 1.80. The van der Waals surface area contributed by atoms with Crippen molar-refractivity contribution in [3.05, 3.63) is 40.5 Å². The van der Waals surface area contributed by atoms with Gasteiger partial charge in [-0.25, -0.2) is 4.79 Å². The van der Waals surface area contributed by atoms with Crippen molar-refractivity contribution >= 4 is 34.9 Å². The Labute approximate surface area is 98.1 Å². The highest BCUT2D eigenvalue weighted by Gasteiger charge is 2.01. The molecule has 1 aromatic carbocycles. The quantitative estimate of drug-likeness (QED) is 0.820. The van der Waals surface area contributed by atoms with Crippen LogP contribution in [-0.2, 0) is 0 Å². The highest BCUT2D eigenvalue weighted by Crippen LogP contribution is 2.22. The third kappa shape index (κ3) is 4.23. The highest BCUT2D eigenvalue weighted by atomic mass is 35.5. The van der Waals surface area contributed by atoms with E-state index in [2.05, 4.69) is 10.6 Å². The molecule has 0 saturated heterocycles. The number of nitrogens with one attached hydrogen (secondary N) is 2. The Morgan fingerprint density at radius 2 is 1.87 bits per heavy atom. The molecule has 0 saturated carbocycles. The number of amides is 2. The van der Waals surface area contributed by atoms with Gasteiger partial charge in [0.05, 0.1) is 0 Å². The maximum Gasteiger partial charge on any atom is 0.323 e. The molecule has 0 radical (unpaired) electrons. The van der Waals surface area contributed by atoms with E-state index in [1.54, 1.807) is 31.2 Å². The number of benzene rings is 1. The largest absolute Gasteiger partial charge is 0.323 e. The summed E-state index contributed by atoms with van der Waals surface area (Å²) in [7, 11) is 0. The number of rotatable bonds is 2. The van der Waals surface area contributed by atoms with E-state index in [0.717, 1.165) is 0 Å². The number of urea groups is 1. The van der Waals surface area contributed by atoms with Crippen LogP contribution in [0.2, 0.25) is 10.0 Å². The molecule has 3 nitrogen and oxygen atoms in total. The second-order valence-electron chi connectivity index (χ2n) is 2.76. The first-order chi connectivity index (χ1) is 7.11. The van der Waals surface area contributed by atoms with Gasteiger partial charge in [0.25, 0.3) is 0 Å². The van der Waals surface area contributed by atoms with Crippen LogP contribution in [0.4, 0.5) is 10.5 Å². The fourth-order valence-corrected chi connectivity index (χ4v) is 1.48. The van der Waals surface area contributed by atoms with Crippen molar-refractivity contribution in [1.82, 2.24) is 5.32 Å². The van der Waals surface area contributed by atoms with E-state index >= 15 is 0 Å². The molecule has 0 aliphatic carbocycles. The SMILES string of the molecule is C/C=C/NC(=O)Nc1cc(Cl)cc(Cl)c1. The molecule has 1 aromatic rings. The van der Waals surface area contributed by atoms with Gasteiger partial charge < -0.3 is 10.6 Å². The second kappa shape index (κ2) is 5.63. The molecule has 0 aromatic heterocycles. The molecule has 0 aliphatic rings. The van der Waals surface area contributed by atoms with E-state index in [9.17, 15) is 4.79 Å². The van der Waals surface area contributed by atoms with Gasteiger partial charge in [0, 0.05) is 21.9 Å². The first kappa shape index (κ1) is 11.9. The molecule has 5 heteroatoms. The molecule has 2 N–H and O–H groups in total. The minimum Gasteiger partial charge on any atom is -0.315 e. The average molecular weight is 245 g/mol. The van der Waals surface area contributed by atoms with E-state index in [0.29, 0.717) is 15.7 Å². The van der Waals surface area contributed by atoms with Gasteiger partial charge >= 0.3 is 6.03 Å². The third-order valence-electron chi connectivity index (χ3n) is 1.50. The number of carbonyl (C=O) groups is 1. The molecule has 0 aliphatic heterocycles. The summed E-state index contributed by atoms with van der Waals surface area (Å²) in [5.41, 5.74) is 0.550. The monoisotopic (exact) mass is 244 g/mol. The van der Waals surface area contributed by atoms with E-state index in [1.165, 1.54) is 6.20 Å². The van der Waals surface area contributed by atoms with Crippen LogP contribution in [0.25, 0.3) is 0 Å². The van der Waals surface area contributed by atoms with Gasteiger partial charge in [0.2, 0.25) is 0 Å². The first-order valence-corrected chi connectivity index (χ1v) is 5.02. The van der Waals surface area contributed by atoms with Gasteiger partial charge in [-0.05, 0) is 25.1 Å². The summed E-state index contributed by atoms with van der Waals surface area (Å²) in [4.78, 5) is 11.2. The van der Waals surface area contributed by atoms with Crippen molar-refractivity contribution in [2.45, 2.75) is 6.92 Å². The first-order valence-electron chi connectivity index (χ1n) is 4.26. The summed E-state index contributed by atoms with van der Waals surface area (Å²) >= 11 is 11.5. The molecule has 0 unspecified atom stereocenters. The molecule has 2 amide bonds. The van der Waals surface area contributed by atoms with Crippen LogP contribution < -0.4 is 10.6 Å². The Morgan fingerprint density at radius 3 is 2.40 bits per heavy atom. The van der Waals surface area contributed by atoms with Crippen molar-refractivity contribution < 1.29 is 4.79 Å². The zero-order valence-corrected chi connectivity index (χ0v) is 9.56. The predicted molar refractivity (Wildman–Crippen MR) is 63.4 cm³/mol. The highest BCUT2D eigenvalue weighted by molar-refractivity contribution is 6.35. The molecular formula is C10H10Cl2N2O. The average Bonchev–Trinajstić information content (AvgIpc) is 2.13. The van der Waals surface area contributed by atoms with E-state index < -0.39 is 0 Å². The van der Waals surface area contributed by atoms with Crippen molar-refractivity contribution in [3.8, 4) is 0 Å². The summed E-state index contributed by atoms with van der Waals surface area (Å²) in [5, 5.41) is 6.04. The van der Waals surface area contributed by atoms with Gasteiger partial charge in [-0.15, -0.1) is 0 Å². The second-order valence-corrected chi connectivity index (χ2v) is 3.63. The van der Waals surface area contributed by atoms with Crippen molar-refractivity contribution in [1.29, 1.82) is 0 Å². The van der Waals surface area contributed by atoms with Crippen LogP contribution in [0.5, 0.6) is 0 Å².